The summed E-state index contributed by atoms with van der Waals surface area (Å²) >= 11 is 0. The summed E-state index contributed by atoms with van der Waals surface area (Å²) in [5.41, 5.74) is 6.06. The topological polar surface area (TPSA) is 96.7 Å². The highest BCUT2D eigenvalue weighted by atomic mass is 16.5. The molecule has 0 spiro atoms. The van der Waals surface area contributed by atoms with Crippen LogP contribution in [0.4, 0.5) is 0 Å². The third-order valence-electron chi connectivity index (χ3n) is 6.83. The molecule has 1 saturated heterocycles. The SMILES string of the molecule is Cc1ncn(Cc2ccc(COc3cccc4c3CN(C3CCC(=O)NC3=O)C4O)cc2)c1C. The largest absolute Gasteiger partial charge is 0.489 e. The van der Waals surface area contributed by atoms with Crippen LogP contribution >= 0.6 is 0 Å². The molecular weight excluding hydrogens is 432 g/mol. The highest BCUT2D eigenvalue weighted by Crippen LogP contribution is 2.39. The van der Waals surface area contributed by atoms with Crippen molar-refractivity contribution in [3.05, 3.63) is 82.4 Å². The molecular formula is C26H28N4O4. The average Bonchev–Trinajstić information content (AvgIpc) is 3.33. The summed E-state index contributed by atoms with van der Waals surface area (Å²) in [6, 6.07) is 13.4. The number of hydrogen-bond donors (Lipinski definition) is 2. The van der Waals surface area contributed by atoms with Gasteiger partial charge in [-0.15, -0.1) is 0 Å². The Bertz CT molecular complexity index is 1230. The maximum absolute atomic E-state index is 12.3. The number of aryl methyl sites for hydroxylation is 1. The second kappa shape index (κ2) is 9.04. The lowest BCUT2D eigenvalue weighted by atomic mass is 10.0. The van der Waals surface area contributed by atoms with Gasteiger partial charge in [0.1, 0.15) is 18.6 Å². The first-order valence-corrected chi connectivity index (χ1v) is 11.5. The first-order chi connectivity index (χ1) is 16.4. The van der Waals surface area contributed by atoms with E-state index in [0.717, 1.165) is 28.9 Å². The number of carbonyl (C=O) groups excluding carboxylic acids is 2. The van der Waals surface area contributed by atoms with E-state index in [9.17, 15) is 14.7 Å². The van der Waals surface area contributed by atoms with Crippen LogP contribution in [-0.4, -0.2) is 37.4 Å². The number of ether oxygens (including phenoxy) is 1. The van der Waals surface area contributed by atoms with E-state index >= 15 is 0 Å². The zero-order valence-corrected chi connectivity index (χ0v) is 19.3. The number of amides is 2. The number of piperidine rings is 1. The minimum absolute atomic E-state index is 0.266. The maximum Gasteiger partial charge on any atom is 0.244 e. The minimum Gasteiger partial charge on any atom is -0.489 e. The third kappa shape index (κ3) is 4.22. The molecule has 8 nitrogen and oxygen atoms in total. The molecule has 3 heterocycles. The number of fused-ring (bicyclic) bond motifs is 1. The molecule has 3 aromatic rings. The molecule has 1 aromatic heterocycles. The highest BCUT2D eigenvalue weighted by Gasteiger charge is 2.40. The van der Waals surface area contributed by atoms with Gasteiger partial charge in [0.05, 0.1) is 18.1 Å². The number of aliphatic hydroxyl groups excluding tert-OH is 1. The Morgan fingerprint density at radius 1 is 1.12 bits per heavy atom. The first-order valence-electron chi connectivity index (χ1n) is 11.5. The summed E-state index contributed by atoms with van der Waals surface area (Å²) in [4.78, 5) is 29.9. The van der Waals surface area contributed by atoms with Crippen molar-refractivity contribution in [2.45, 2.75) is 58.7 Å². The van der Waals surface area contributed by atoms with Crippen molar-refractivity contribution < 1.29 is 19.4 Å². The van der Waals surface area contributed by atoms with E-state index in [4.69, 9.17) is 4.74 Å². The van der Waals surface area contributed by atoms with Gasteiger partial charge in [-0.2, -0.15) is 0 Å². The van der Waals surface area contributed by atoms with Gasteiger partial charge >= 0.3 is 0 Å². The van der Waals surface area contributed by atoms with Crippen molar-refractivity contribution in [3.63, 3.8) is 0 Å². The van der Waals surface area contributed by atoms with Gasteiger partial charge in [0.15, 0.2) is 0 Å². The lowest BCUT2D eigenvalue weighted by Crippen LogP contribution is -2.51. The molecule has 176 valence electrons. The number of hydrogen-bond acceptors (Lipinski definition) is 6. The fourth-order valence-electron chi connectivity index (χ4n) is 4.66. The van der Waals surface area contributed by atoms with E-state index in [1.807, 2.05) is 31.5 Å². The zero-order valence-electron chi connectivity index (χ0n) is 19.3. The molecule has 2 N–H and O–H groups in total. The van der Waals surface area contributed by atoms with E-state index in [0.29, 0.717) is 25.3 Å². The van der Waals surface area contributed by atoms with Crippen LogP contribution in [0, 0.1) is 13.8 Å². The monoisotopic (exact) mass is 460 g/mol. The van der Waals surface area contributed by atoms with Crippen LogP contribution in [0.3, 0.4) is 0 Å². The Morgan fingerprint density at radius 2 is 1.88 bits per heavy atom. The Hall–Kier alpha value is -3.49. The number of imidazole rings is 1. The summed E-state index contributed by atoms with van der Waals surface area (Å²) in [6.45, 7) is 5.64. The van der Waals surface area contributed by atoms with E-state index in [1.54, 1.807) is 4.90 Å². The minimum atomic E-state index is -0.906. The molecule has 1 fully saturated rings. The lowest BCUT2D eigenvalue weighted by Gasteiger charge is -2.31. The Kier molecular flexibility index (Phi) is 5.93. The van der Waals surface area contributed by atoms with E-state index in [-0.39, 0.29) is 18.2 Å². The second-order valence-electron chi connectivity index (χ2n) is 8.99. The Morgan fingerprint density at radius 3 is 2.59 bits per heavy atom. The summed E-state index contributed by atoms with van der Waals surface area (Å²) in [5.74, 6) is 0.0735. The zero-order chi connectivity index (χ0) is 23.8. The maximum atomic E-state index is 12.3. The van der Waals surface area contributed by atoms with E-state index in [1.165, 1.54) is 11.3 Å². The molecule has 0 radical (unpaired) electrons. The fraction of sp³-hybridized carbons (Fsp3) is 0.346. The third-order valence-corrected chi connectivity index (χ3v) is 6.83. The van der Waals surface area contributed by atoms with Gasteiger partial charge in [0.2, 0.25) is 11.8 Å². The van der Waals surface area contributed by atoms with Crippen molar-refractivity contribution >= 4 is 11.8 Å². The van der Waals surface area contributed by atoms with Crippen LogP contribution in [0.2, 0.25) is 0 Å². The van der Waals surface area contributed by atoms with Crippen molar-refractivity contribution in [3.8, 4) is 5.75 Å². The predicted octanol–water partition coefficient (Wildman–Crippen LogP) is 2.74. The normalized spacial score (nSPS) is 20.3. The molecule has 34 heavy (non-hydrogen) atoms. The van der Waals surface area contributed by atoms with Gasteiger partial charge in [-0.25, -0.2) is 4.98 Å². The molecule has 2 atom stereocenters. The standard InChI is InChI=1S/C26H28N4O4/c1-16-17(2)29(15-27-16)12-18-6-8-19(9-7-18)14-34-23-5-3-4-20-21(23)13-30(26(20)33)22-10-11-24(31)28-25(22)32/h3-9,15,22,26,33H,10-14H2,1-2H3,(H,28,31,32). The second-order valence-corrected chi connectivity index (χ2v) is 8.99. The number of nitrogens with one attached hydrogen (secondary N) is 1. The molecule has 2 unspecified atom stereocenters. The number of rotatable bonds is 6. The quantitative estimate of drug-likeness (QED) is 0.549. The average molecular weight is 461 g/mol. The predicted molar refractivity (Wildman–Crippen MR) is 125 cm³/mol. The number of aliphatic hydroxyl groups is 1. The van der Waals surface area contributed by atoms with Gasteiger partial charge in [0, 0.05) is 36.3 Å². The number of imide groups is 1. The summed E-state index contributed by atoms with van der Waals surface area (Å²) in [5, 5.41) is 13.2. The Balaban J connectivity index is 1.25. The van der Waals surface area contributed by atoms with Crippen LogP contribution in [-0.2, 0) is 29.3 Å². The van der Waals surface area contributed by atoms with Crippen LogP contribution < -0.4 is 10.1 Å². The molecule has 0 saturated carbocycles. The van der Waals surface area contributed by atoms with E-state index in [2.05, 4.69) is 46.1 Å². The molecule has 0 aliphatic carbocycles. The van der Waals surface area contributed by atoms with Gasteiger partial charge in [-0.05, 0) is 37.5 Å². The number of nitrogens with zero attached hydrogens (tertiary/aromatic N) is 3. The van der Waals surface area contributed by atoms with Crippen LogP contribution in [0.5, 0.6) is 5.75 Å². The van der Waals surface area contributed by atoms with Crippen LogP contribution in [0.1, 0.15) is 52.7 Å². The summed E-state index contributed by atoms with van der Waals surface area (Å²) in [7, 11) is 0. The Labute approximate surface area is 198 Å². The van der Waals surface area contributed by atoms with Crippen molar-refractivity contribution in [2.24, 2.45) is 0 Å². The molecule has 2 aromatic carbocycles. The van der Waals surface area contributed by atoms with Crippen molar-refractivity contribution in [1.29, 1.82) is 0 Å². The number of benzene rings is 2. The van der Waals surface area contributed by atoms with E-state index < -0.39 is 12.3 Å². The molecule has 2 amide bonds. The first kappa shape index (κ1) is 22.3. The van der Waals surface area contributed by atoms with Crippen molar-refractivity contribution in [2.75, 3.05) is 0 Å². The molecule has 2 aliphatic heterocycles. The van der Waals surface area contributed by atoms with Crippen LogP contribution in [0.15, 0.2) is 48.8 Å². The number of carbonyl (C=O) groups is 2. The van der Waals surface area contributed by atoms with Crippen LogP contribution in [0.25, 0.3) is 0 Å². The van der Waals surface area contributed by atoms with Crippen molar-refractivity contribution in [1.82, 2.24) is 19.8 Å². The number of aromatic nitrogens is 2. The molecule has 5 rings (SSSR count). The van der Waals surface area contributed by atoms with Gasteiger partial charge in [0.25, 0.3) is 0 Å². The smallest absolute Gasteiger partial charge is 0.244 e. The lowest BCUT2D eigenvalue weighted by molar-refractivity contribution is -0.141. The molecule has 8 heteroatoms. The summed E-state index contributed by atoms with van der Waals surface area (Å²) in [6.07, 6.45) is 1.63. The van der Waals surface area contributed by atoms with Gasteiger partial charge < -0.3 is 14.4 Å². The van der Waals surface area contributed by atoms with Gasteiger partial charge in [-0.3, -0.25) is 19.8 Å². The highest BCUT2D eigenvalue weighted by molar-refractivity contribution is 6.00. The molecule has 0 bridgehead atoms. The summed E-state index contributed by atoms with van der Waals surface area (Å²) < 4.78 is 8.27. The van der Waals surface area contributed by atoms with Gasteiger partial charge in [-0.1, -0.05) is 36.4 Å². The fourth-order valence-corrected chi connectivity index (χ4v) is 4.66. The molecule has 2 aliphatic rings.